The molecule has 1 unspecified atom stereocenters. The van der Waals surface area contributed by atoms with Crippen LogP contribution < -0.4 is 5.32 Å². The molecule has 2 rings (SSSR count). The Morgan fingerprint density at radius 1 is 1.08 bits per heavy atom. The van der Waals surface area contributed by atoms with Gasteiger partial charge in [-0.1, -0.05) is 13.8 Å². The van der Waals surface area contributed by atoms with Crippen LogP contribution >= 0.6 is 0 Å². The minimum atomic E-state index is -3.52. The number of amides is 1. The van der Waals surface area contributed by atoms with Crippen LogP contribution in [0.15, 0.2) is 53.7 Å². The van der Waals surface area contributed by atoms with Crippen molar-refractivity contribution in [2.24, 2.45) is 0 Å². The fraction of sp³-hybridized carbons (Fsp3) is 0.333. The molecule has 0 aliphatic carbocycles. The minimum Gasteiger partial charge on any atom is -0.346 e. The number of sulfonamides is 1. The first-order valence-electron chi connectivity index (χ1n) is 8.21. The third kappa shape index (κ3) is 4.43. The van der Waals surface area contributed by atoms with E-state index in [0.29, 0.717) is 18.7 Å². The zero-order valence-electron chi connectivity index (χ0n) is 14.6. The van der Waals surface area contributed by atoms with E-state index in [4.69, 9.17) is 0 Å². The molecule has 0 radical (unpaired) electrons. The Balaban J connectivity index is 2.13. The normalized spacial score (nSPS) is 12.8. The molecular weight excluding hydrogens is 338 g/mol. The minimum absolute atomic E-state index is 0.172. The summed E-state index contributed by atoms with van der Waals surface area (Å²) in [5, 5.41) is 2.89. The average Bonchev–Trinajstić information content (AvgIpc) is 2.63. The first-order valence-corrected chi connectivity index (χ1v) is 9.65. The van der Waals surface area contributed by atoms with Gasteiger partial charge in [-0.05, 0) is 48.9 Å². The zero-order valence-corrected chi connectivity index (χ0v) is 15.5. The second-order valence-electron chi connectivity index (χ2n) is 5.59. The SMILES string of the molecule is CCN(CC)S(=O)(=O)c1ccc(C(=O)NC(C)c2ccncc2)cc1. The van der Waals surface area contributed by atoms with Gasteiger partial charge < -0.3 is 5.32 Å². The quantitative estimate of drug-likeness (QED) is 0.822. The maximum atomic E-state index is 12.5. The van der Waals surface area contributed by atoms with Crippen molar-refractivity contribution < 1.29 is 13.2 Å². The topological polar surface area (TPSA) is 79.4 Å². The van der Waals surface area contributed by atoms with Gasteiger partial charge in [0, 0.05) is 31.0 Å². The number of hydrogen-bond donors (Lipinski definition) is 1. The Hall–Kier alpha value is -2.25. The van der Waals surface area contributed by atoms with E-state index in [0.717, 1.165) is 5.56 Å². The van der Waals surface area contributed by atoms with E-state index in [1.807, 2.05) is 19.1 Å². The highest BCUT2D eigenvalue weighted by Crippen LogP contribution is 2.17. The number of hydrogen-bond acceptors (Lipinski definition) is 4. The number of nitrogens with one attached hydrogen (secondary N) is 1. The van der Waals surface area contributed by atoms with Gasteiger partial charge in [0.2, 0.25) is 10.0 Å². The predicted octanol–water partition coefficient (Wildman–Crippen LogP) is 2.60. The van der Waals surface area contributed by atoms with Crippen molar-refractivity contribution in [3.8, 4) is 0 Å². The summed E-state index contributed by atoms with van der Waals surface area (Å²) >= 11 is 0. The van der Waals surface area contributed by atoms with Crippen LogP contribution in [-0.2, 0) is 10.0 Å². The summed E-state index contributed by atoms with van der Waals surface area (Å²) in [6.45, 7) is 6.29. The molecule has 1 aromatic heterocycles. The Morgan fingerprint density at radius 3 is 2.16 bits per heavy atom. The van der Waals surface area contributed by atoms with Gasteiger partial charge in [0.05, 0.1) is 10.9 Å². The van der Waals surface area contributed by atoms with Crippen molar-refractivity contribution in [2.45, 2.75) is 31.7 Å². The molecule has 0 fully saturated rings. The fourth-order valence-corrected chi connectivity index (χ4v) is 3.96. The summed E-state index contributed by atoms with van der Waals surface area (Å²) in [5.74, 6) is -0.254. The summed E-state index contributed by atoms with van der Waals surface area (Å²) in [4.78, 5) is 16.5. The van der Waals surface area contributed by atoms with Gasteiger partial charge >= 0.3 is 0 Å². The van der Waals surface area contributed by atoms with E-state index in [9.17, 15) is 13.2 Å². The summed E-state index contributed by atoms with van der Waals surface area (Å²) < 4.78 is 26.3. The molecule has 25 heavy (non-hydrogen) atoms. The van der Waals surface area contributed by atoms with E-state index in [1.54, 1.807) is 26.2 Å². The number of carbonyl (C=O) groups excluding carboxylic acids is 1. The Bertz CT molecular complexity index is 801. The molecule has 0 spiro atoms. The van der Waals surface area contributed by atoms with Crippen molar-refractivity contribution in [3.63, 3.8) is 0 Å². The standard InChI is InChI=1S/C18H23N3O3S/c1-4-21(5-2)25(23,24)17-8-6-16(7-9-17)18(22)20-14(3)15-10-12-19-13-11-15/h6-14H,4-5H2,1-3H3,(H,20,22). The van der Waals surface area contributed by atoms with Crippen LogP contribution in [0.3, 0.4) is 0 Å². The van der Waals surface area contributed by atoms with Crippen LogP contribution in [0, 0.1) is 0 Å². The number of nitrogens with zero attached hydrogens (tertiary/aromatic N) is 2. The molecule has 0 aliphatic rings. The molecule has 1 atom stereocenters. The lowest BCUT2D eigenvalue weighted by molar-refractivity contribution is 0.0939. The first kappa shape index (κ1) is 19.1. The summed E-state index contributed by atoms with van der Waals surface area (Å²) in [7, 11) is -3.52. The van der Waals surface area contributed by atoms with Crippen LogP contribution in [0.2, 0.25) is 0 Å². The summed E-state index contributed by atoms with van der Waals surface area (Å²) in [6.07, 6.45) is 3.34. The van der Waals surface area contributed by atoms with E-state index < -0.39 is 10.0 Å². The van der Waals surface area contributed by atoms with Crippen molar-refractivity contribution >= 4 is 15.9 Å². The second-order valence-corrected chi connectivity index (χ2v) is 7.53. The number of rotatable bonds is 7. The lowest BCUT2D eigenvalue weighted by Crippen LogP contribution is -2.30. The molecule has 1 amide bonds. The van der Waals surface area contributed by atoms with Crippen LogP contribution in [0.25, 0.3) is 0 Å². The van der Waals surface area contributed by atoms with Gasteiger partial charge in [0.15, 0.2) is 0 Å². The lowest BCUT2D eigenvalue weighted by Gasteiger charge is -2.18. The number of benzene rings is 1. The molecule has 0 aliphatic heterocycles. The number of pyridine rings is 1. The monoisotopic (exact) mass is 361 g/mol. The highest BCUT2D eigenvalue weighted by molar-refractivity contribution is 7.89. The van der Waals surface area contributed by atoms with E-state index in [1.165, 1.54) is 28.6 Å². The molecule has 1 N–H and O–H groups in total. The smallest absolute Gasteiger partial charge is 0.251 e. The molecule has 2 aromatic rings. The Morgan fingerprint density at radius 2 is 1.64 bits per heavy atom. The van der Waals surface area contributed by atoms with Crippen molar-refractivity contribution in [3.05, 3.63) is 59.9 Å². The van der Waals surface area contributed by atoms with Crippen molar-refractivity contribution in [1.29, 1.82) is 0 Å². The van der Waals surface area contributed by atoms with Gasteiger partial charge in [-0.3, -0.25) is 9.78 Å². The zero-order chi connectivity index (χ0) is 18.4. The fourth-order valence-electron chi connectivity index (χ4n) is 2.51. The maximum absolute atomic E-state index is 12.5. The third-order valence-electron chi connectivity index (χ3n) is 4.01. The van der Waals surface area contributed by atoms with Gasteiger partial charge in [-0.2, -0.15) is 4.31 Å². The van der Waals surface area contributed by atoms with E-state index >= 15 is 0 Å². The van der Waals surface area contributed by atoms with Crippen LogP contribution in [0.1, 0.15) is 42.7 Å². The molecule has 1 aromatic carbocycles. The Labute approximate surface area is 148 Å². The largest absolute Gasteiger partial charge is 0.346 e. The predicted molar refractivity (Wildman–Crippen MR) is 96.7 cm³/mol. The molecule has 0 saturated heterocycles. The van der Waals surface area contributed by atoms with Crippen LogP contribution in [0.4, 0.5) is 0 Å². The van der Waals surface area contributed by atoms with Gasteiger partial charge in [0.1, 0.15) is 0 Å². The molecule has 134 valence electrons. The highest BCUT2D eigenvalue weighted by Gasteiger charge is 2.21. The lowest BCUT2D eigenvalue weighted by atomic mass is 10.1. The van der Waals surface area contributed by atoms with Crippen LogP contribution in [-0.4, -0.2) is 36.7 Å². The molecule has 0 bridgehead atoms. The highest BCUT2D eigenvalue weighted by atomic mass is 32.2. The summed E-state index contributed by atoms with van der Waals surface area (Å²) in [6, 6.07) is 9.51. The third-order valence-corrected chi connectivity index (χ3v) is 6.08. The van der Waals surface area contributed by atoms with Gasteiger partial charge in [0.25, 0.3) is 5.91 Å². The number of carbonyl (C=O) groups is 1. The molecular formula is C18H23N3O3S. The van der Waals surface area contributed by atoms with Crippen molar-refractivity contribution in [1.82, 2.24) is 14.6 Å². The molecule has 0 saturated carbocycles. The van der Waals surface area contributed by atoms with E-state index in [2.05, 4.69) is 10.3 Å². The summed E-state index contributed by atoms with van der Waals surface area (Å²) in [5.41, 5.74) is 1.36. The molecule has 6 nitrogen and oxygen atoms in total. The Kier molecular flexibility index (Phi) is 6.27. The molecule has 1 heterocycles. The maximum Gasteiger partial charge on any atom is 0.251 e. The van der Waals surface area contributed by atoms with Gasteiger partial charge in [-0.25, -0.2) is 8.42 Å². The van der Waals surface area contributed by atoms with Gasteiger partial charge in [-0.15, -0.1) is 0 Å². The second kappa shape index (κ2) is 8.22. The molecule has 7 heteroatoms. The average molecular weight is 361 g/mol. The first-order chi connectivity index (χ1) is 11.9. The van der Waals surface area contributed by atoms with Crippen LogP contribution in [0.5, 0.6) is 0 Å². The van der Waals surface area contributed by atoms with E-state index in [-0.39, 0.29) is 16.8 Å². The van der Waals surface area contributed by atoms with Crippen molar-refractivity contribution in [2.75, 3.05) is 13.1 Å². The number of aromatic nitrogens is 1.